The number of carbonyl (C=O) groups is 2. The monoisotopic (exact) mass is 324 g/mol. The van der Waals surface area contributed by atoms with Gasteiger partial charge in [-0.2, -0.15) is 0 Å². The summed E-state index contributed by atoms with van der Waals surface area (Å²) < 4.78 is 13.2. The molecule has 0 spiro atoms. The highest BCUT2D eigenvalue weighted by molar-refractivity contribution is 6.05. The zero-order chi connectivity index (χ0) is 16.7. The van der Waals surface area contributed by atoms with E-state index < -0.39 is 5.92 Å². The van der Waals surface area contributed by atoms with Gasteiger partial charge in [0.15, 0.2) is 0 Å². The normalized spacial score (nSPS) is 19.4. The summed E-state index contributed by atoms with van der Waals surface area (Å²) in [6.45, 7) is 0.291. The molecule has 0 bridgehead atoms. The number of nitrogens with one attached hydrogen (secondary N) is 1. The molecule has 4 nitrogen and oxygen atoms in total. The van der Waals surface area contributed by atoms with E-state index in [0.29, 0.717) is 17.8 Å². The number of halogens is 1. The third-order valence-electron chi connectivity index (χ3n) is 4.60. The average molecular weight is 324 g/mol. The lowest BCUT2D eigenvalue weighted by atomic mass is 9.89. The van der Waals surface area contributed by atoms with E-state index in [1.807, 2.05) is 12.1 Å². The van der Waals surface area contributed by atoms with E-state index in [1.54, 1.807) is 29.2 Å². The Hall–Kier alpha value is -2.69. The zero-order valence-electron chi connectivity index (χ0n) is 13.0. The largest absolute Gasteiger partial charge is 0.351 e. The van der Waals surface area contributed by atoms with Crippen LogP contribution in [0.1, 0.15) is 34.7 Å². The first-order valence-corrected chi connectivity index (χ1v) is 8.11. The van der Waals surface area contributed by atoms with Crippen LogP contribution in [-0.2, 0) is 4.79 Å². The van der Waals surface area contributed by atoms with Crippen LogP contribution in [0.5, 0.6) is 0 Å². The first-order valence-electron chi connectivity index (χ1n) is 8.11. The van der Waals surface area contributed by atoms with Crippen LogP contribution in [-0.4, -0.2) is 24.4 Å². The second-order valence-electron chi connectivity index (χ2n) is 6.27. The minimum absolute atomic E-state index is 0.0449. The number of anilines is 1. The Morgan fingerprint density at radius 2 is 1.79 bits per heavy atom. The first kappa shape index (κ1) is 14.9. The maximum atomic E-state index is 13.2. The van der Waals surface area contributed by atoms with Gasteiger partial charge in [0.25, 0.3) is 5.91 Å². The molecule has 2 aliphatic rings. The summed E-state index contributed by atoms with van der Waals surface area (Å²) in [6, 6.07) is 13.4. The Balaban J connectivity index is 1.70. The fourth-order valence-corrected chi connectivity index (χ4v) is 3.25. The quantitative estimate of drug-likeness (QED) is 0.944. The summed E-state index contributed by atoms with van der Waals surface area (Å²) in [7, 11) is 0. The molecule has 1 saturated carbocycles. The van der Waals surface area contributed by atoms with Gasteiger partial charge < -0.3 is 10.2 Å². The number of rotatable bonds is 3. The lowest BCUT2D eigenvalue weighted by Gasteiger charge is -2.31. The summed E-state index contributed by atoms with van der Waals surface area (Å²) in [5.74, 6) is -0.923. The zero-order valence-corrected chi connectivity index (χ0v) is 13.0. The first-order chi connectivity index (χ1) is 11.6. The van der Waals surface area contributed by atoms with E-state index in [-0.39, 0.29) is 23.7 Å². The van der Waals surface area contributed by atoms with Crippen molar-refractivity contribution in [1.29, 1.82) is 0 Å². The van der Waals surface area contributed by atoms with E-state index in [0.717, 1.165) is 18.4 Å². The molecule has 1 heterocycles. The Morgan fingerprint density at radius 1 is 1.08 bits per heavy atom. The molecule has 1 fully saturated rings. The summed E-state index contributed by atoms with van der Waals surface area (Å²) in [5.41, 5.74) is 2.02. The second-order valence-corrected chi connectivity index (χ2v) is 6.27. The molecule has 1 atom stereocenters. The molecule has 1 N–H and O–H groups in total. The van der Waals surface area contributed by atoms with Crippen molar-refractivity contribution in [2.45, 2.75) is 24.8 Å². The Labute approximate surface area is 139 Å². The van der Waals surface area contributed by atoms with Crippen molar-refractivity contribution in [1.82, 2.24) is 5.32 Å². The van der Waals surface area contributed by atoms with Crippen LogP contribution in [0.2, 0.25) is 0 Å². The van der Waals surface area contributed by atoms with Gasteiger partial charge in [-0.25, -0.2) is 4.39 Å². The molecule has 5 heteroatoms. The molecular formula is C19H17FN2O2. The van der Waals surface area contributed by atoms with Crippen molar-refractivity contribution >= 4 is 17.5 Å². The van der Waals surface area contributed by atoms with Crippen LogP contribution in [0, 0.1) is 5.82 Å². The highest BCUT2D eigenvalue weighted by Gasteiger charge is 2.39. The van der Waals surface area contributed by atoms with Crippen molar-refractivity contribution in [3.8, 4) is 0 Å². The van der Waals surface area contributed by atoms with Gasteiger partial charge in [-0.3, -0.25) is 9.59 Å². The Morgan fingerprint density at radius 3 is 2.50 bits per heavy atom. The summed E-state index contributed by atoms with van der Waals surface area (Å²) in [6.07, 6.45) is 1.90. The average Bonchev–Trinajstić information content (AvgIpc) is 3.42. The predicted molar refractivity (Wildman–Crippen MR) is 88.4 cm³/mol. The third kappa shape index (κ3) is 2.56. The minimum Gasteiger partial charge on any atom is -0.351 e. The standard InChI is InChI=1S/C19H17FN2O2/c20-12-5-7-13(8-6-12)22(14-9-10-14)19(24)17-11-21-18(23)16-4-2-1-3-15(16)17/h1-8,14,17H,9-11H2,(H,21,23). The van der Waals surface area contributed by atoms with Gasteiger partial charge in [-0.15, -0.1) is 0 Å². The molecule has 0 saturated heterocycles. The molecule has 0 radical (unpaired) electrons. The molecule has 4 rings (SSSR count). The van der Waals surface area contributed by atoms with E-state index >= 15 is 0 Å². The number of benzene rings is 2. The molecule has 122 valence electrons. The van der Waals surface area contributed by atoms with Gasteiger partial charge in [0.05, 0.1) is 5.92 Å². The van der Waals surface area contributed by atoms with E-state index in [1.165, 1.54) is 12.1 Å². The molecule has 1 unspecified atom stereocenters. The van der Waals surface area contributed by atoms with Crippen molar-refractivity contribution in [2.75, 3.05) is 11.4 Å². The smallest absolute Gasteiger partial charge is 0.251 e. The number of amides is 2. The molecule has 0 aromatic heterocycles. The Bertz CT molecular complexity index is 799. The van der Waals surface area contributed by atoms with Gasteiger partial charge >= 0.3 is 0 Å². The summed E-state index contributed by atoms with van der Waals surface area (Å²) in [4.78, 5) is 27.0. The van der Waals surface area contributed by atoms with Gasteiger partial charge in [-0.1, -0.05) is 18.2 Å². The highest BCUT2D eigenvalue weighted by atomic mass is 19.1. The number of fused-ring (bicyclic) bond motifs is 1. The van der Waals surface area contributed by atoms with Crippen LogP contribution < -0.4 is 10.2 Å². The lowest BCUT2D eigenvalue weighted by molar-refractivity contribution is -0.120. The lowest BCUT2D eigenvalue weighted by Crippen LogP contribution is -2.45. The van der Waals surface area contributed by atoms with Crippen LogP contribution in [0.3, 0.4) is 0 Å². The molecule has 1 aliphatic heterocycles. The topological polar surface area (TPSA) is 49.4 Å². The maximum absolute atomic E-state index is 13.2. The molecule has 24 heavy (non-hydrogen) atoms. The van der Waals surface area contributed by atoms with Gasteiger partial charge in [-0.05, 0) is 48.7 Å². The van der Waals surface area contributed by atoms with E-state index in [9.17, 15) is 14.0 Å². The Kier molecular flexibility index (Phi) is 3.56. The van der Waals surface area contributed by atoms with Crippen LogP contribution in [0.4, 0.5) is 10.1 Å². The fourth-order valence-electron chi connectivity index (χ4n) is 3.25. The van der Waals surface area contributed by atoms with Crippen LogP contribution in [0.15, 0.2) is 48.5 Å². The molecular weight excluding hydrogens is 307 g/mol. The van der Waals surface area contributed by atoms with Crippen LogP contribution in [0.25, 0.3) is 0 Å². The molecule has 2 aromatic rings. The van der Waals surface area contributed by atoms with Crippen molar-refractivity contribution in [3.63, 3.8) is 0 Å². The summed E-state index contributed by atoms with van der Waals surface area (Å²) in [5, 5.41) is 2.80. The maximum Gasteiger partial charge on any atom is 0.251 e. The van der Waals surface area contributed by atoms with Gasteiger partial charge in [0.2, 0.25) is 5.91 Å². The number of hydrogen-bond acceptors (Lipinski definition) is 2. The molecule has 1 aliphatic carbocycles. The highest BCUT2D eigenvalue weighted by Crippen LogP contribution is 2.36. The SMILES string of the molecule is O=C1NCC(C(=O)N(c2ccc(F)cc2)C2CC2)c2ccccc21. The van der Waals surface area contributed by atoms with E-state index in [2.05, 4.69) is 5.32 Å². The minimum atomic E-state index is -0.412. The summed E-state index contributed by atoms with van der Waals surface area (Å²) >= 11 is 0. The second kappa shape index (κ2) is 5.74. The molecule has 2 aromatic carbocycles. The van der Waals surface area contributed by atoms with Gasteiger partial charge in [0.1, 0.15) is 5.82 Å². The third-order valence-corrected chi connectivity index (χ3v) is 4.60. The van der Waals surface area contributed by atoms with Crippen molar-refractivity contribution in [2.24, 2.45) is 0 Å². The number of carbonyl (C=O) groups excluding carboxylic acids is 2. The predicted octanol–water partition coefficient (Wildman–Crippen LogP) is 2.85. The molecule has 2 amide bonds. The van der Waals surface area contributed by atoms with Gasteiger partial charge in [0, 0.05) is 23.8 Å². The van der Waals surface area contributed by atoms with Crippen molar-refractivity contribution in [3.05, 3.63) is 65.5 Å². The van der Waals surface area contributed by atoms with Crippen molar-refractivity contribution < 1.29 is 14.0 Å². The van der Waals surface area contributed by atoms with Crippen LogP contribution >= 0.6 is 0 Å². The van der Waals surface area contributed by atoms with E-state index in [4.69, 9.17) is 0 Å². The number of hydrogen-bond donors (Lipinski definition) is 1. The number of nitrogens with zero attached hydrogens (tertiary/aromatic N) is 1. The fraction of sp³-hybridized carbons (Fsp3) is 0.263.